The number of hydrogen-bond donors (Lipinski definition) is 1. The van der Waals surface area contributed by atoms with Gasteiger partial charge in [-0.3, -0.25) is 9.10 Å². The molecule has 0 fully saturated rings. The van der Waals surface area contributed by atoms with Gasteiger partial charge in [-0.05, 0) is 47.8 Å². The number of benzene rings is 2. The van der Waals surface area contributed by atoms with E-state index in [-0.39, 0.29) is 15.6 Å². The first-order valence-electron chi connectivity index (χ1n) is 7.84. The van der Waals surface area contributed by atoms with Crippen LogP contribution in [-0.4, -0.2) is 20.9 Å². The highest BCUT2D eigenvalue weighted by Gasteiger charge is 2.28. The van der Waals surface area contributed by atoms with E-state index >= 15 is 0 Å². The first kappa shape index (κ1) is 19.9. The number of nitrogens with zero attached hydrogens (tertiary/aromatic N) is 1. The summed E-state index contributed by atoms with van der Waals surface area (Å²) in [5, 5.41) is 3.77. The van der Waals surface area contributed by atoms with Crippen LogP contribution in [0.15, 0.2) is 64.2 Å². The van der Waals surface area contributed by atoms with Crippen molar-refractivity contribution in [2.24, 2.45) is 0 Å². The van der Waals surface area contributed by atoms with Crippen LogP contribution in [-0.2, 0) is 14.8 Å². The van der Waals surface area contributed by atoms with E-state index in [0.717, 1.165) is 39.9 Å². The summed E-state index contributed by atoms with van der Waals surface area (Å²) in [5.41, 5.74) is -0.233. The van der Waals surface area contributed by atoms with Crippen LogP contribution in [0.5, 0.6) is 0 Å². The highest BCUT2D eigenvalue weighted by Crippen LogP contribution is 2.27. The molecule has 0 aliphatic heterocycles. The molecule has 1 aromatic heterocycles. The third-order valence-corrected chi connectivity index (χ3v) is 6.79. The maximum Gasteiger partial charge on any atom is 0.274 e. The summed E-state index contributed by atoms with van der Waals surface area (Å²) >= 11 is 0.954. The number of rotatable bonds is 6. The lowest BCUT2D eigenvalue weighted by atomic mass is 10.3. The largest absolute Gasteiger partial charge is 0.322 e. The van der Waals surface area contributed by atoms with Gasteiger partial charge in [0.05, 0.1) is 11.4 Å². The molecule has 28 heavy (non-hydrogen) atoms. The number of hydrogen-bond acceptors (Lipinski definition) is 4. The van der Waals surface area contributed by atoms with Crippen molar-refractivity contribution in [3.05, 3.63) is 77.4 Å². The molecule has 10 heteroatoms. The van der Waals surface area contributed by atoms with Crippen LogP contribution < -0.4 is 9.62 Å². The van der Waals surface area contributed by atoms with Gasteiger partial charge in [0.15, 0.2) is 0 Å². The molecule has 0 radical (unpaired) electrons. The molecule has 146 valence electrons. The molecule has 0 aliphatic carbocycles. The fourth-order valence-electron chi connectivity index (χ4n) is 2.35. The Morgan fingerprint density at radius 3 is 2.29 bits per heavy atom. The molecule has 0 saturated carbocycles. The zero-order chi connectivity index (χ0) is 20.3. The minimum absolute atomic E-state index is 0.0161. The second kappa shape index (κ2) is 8.03. The van der Waals surface area contributed by atoms with Crippen LogP contribution in [0.3, 0.4) is 0 Å². The van der Waals surface area contributed by atoms with Crippen molar-refractivity contribution in [2.75, 3.05) is 16.2 Å². The van der Waals surface area contributed by atoms with Crippen LogP contribution in [0.2, 0.25) is 0 Å². The van der Waals surface area contributed by atoms with Gasteiger partial charge in [0.1, 0.15) is 28.2 Å². The number of carbonyl (C=O) groups is 1. The second-order valence-electron chi connectivity index (χ2n) is 5.59. The molecule has 1 amide bonds. The maximum absolute atomic E-state index is 13.7. The standard InChI is InChI=1S/C18H13F3N2O3S2/c19-12-3-6-14(7-4-12)23(28(25,26)18-2-1-9-27-18)11-17(24)22-16-8-5-13(20)10-15(16)21/h1-10H,11H2,(H,22,24). The number of thiophene rings is 1. The fourth-order valence-corrected chi connectivity index (χ4v) is 4.88. The van der Waals surface area contributed by atoms with E-state index in [0.29, 0.717) is 6.07 Å². The lowest BCUT2D eigenvalue weighted by Crippen LogP contribution is -2.38. The van der Waals surface area contributed by atoms with Crippen molar-refractivity contribution in [3.8, 4) is 0 Å². The molecule has 3 aromatic rings. The van der Waals surface area contributed by atoms with Gasteiger partial charge in [-0.2, -0.15) is 0 Å². The molecule has 0 bridgehead atoms. The van der Waals surface area contributed by atoms with Crippen LogP contribution in [0, 0.1) is 17.5 Å². The molecular formula is C18H13F3N2O3S2. The van der Waals surface area contributed by atoms with Gasteiger partial charge in [-0.1, -0.05) is 6.07 Å². The molecule has 3 rings (SSSR count). The van der Waals surface area contributed by atoms with Crippen molar-refractivity contribution in [2.45, 2.75) is 4.21 Å². The Morgan fingerprint density at radius 1 is 1.00 bits per heavy atom. The smallest absolute Gasteiger partial charge is 0.274 e. The summed E-state index contributed by atoms with van der Waals surface area (Å²) in [6, 6.07) is 10.0. The predicted octanol–water partition coefficient (Wildman–Crippen LogP) is 4.00. The van der Waals surface area contributed by atoms with Crippen LogP contribution >= 0.6 is 11.3 Å². The molecular weight excluding hydrogens is 413 g/mol. The zero-order valence-electron chi connectivity index (χ0n) is 14.1. The van der Waals surface area contributed by atoms with Gasteiger partial charge >= 0.3 is 0 Å². The highest BCUT2D eigenvalue weighted by molar-refractivity contribution is 7.94. The quantitative estimate of drug-likeness (QED) is 0.648. The third kappa shape index (κ3) is 4.34. The van der Waals surface area contributed by atoms with E-state index in [2.05, 4.69) is 5.32 Å². The Bertz CT molecular complexity index is 1090. The molecule has 0 saturated heterocycles. The molecule has 2 aromatic carbocycles. The number of carbonyl (C=O) groups excluding carboxylic acids is 1. The molecule has 0 aliphatic rings. The third-order valence-electron chi connectivity index (χ3n) is 3.65. The highest BCUT2D eigenvalue weighted by atomic mass is 32.2. The topological polar surface area (TPSA) is 66.5 Å². The first-order chi connectivity index (χ1) is 13.3. The van der Waals surface area contributed by atoms with Gasteiger partial charge in [-0.15, -0.1) is 11.3 Å². The van der Waals surface area contributed by atoms with Crippen molar-refractivity contribution >= 4 is 38.6 Å². The summed E-state index contributed by atoms with van der Waals surface area (Å²) < 4.78 is 66.6. The number of anilines is 2. The lowest BCUT2D eigenvalue weighted by Gasteiger charge is -2.23. The summed E-state index contributed by atoms with van der Waals surface area (Å²) in [6.45, 7) is -0.692. The van der Waals surface area contributed by atoms with Crippen LogP contribution in [0.4, 0.5) is 24.5 Å². The summed E-state index contributed by atoms with van der Waals surface area (Å²) in [5.74, 6) is -3.24. The normalized spacial score (nSPS) is 11.2. The summed E-state index contributed by atoms with van der Waals surface area (Å²) in [6.07, 6.45) is 0. The van der Waals surface area contributed by atoms with Gasteiger partial charge in [0.2, 0.25) is 5.91 Å². The van der Waals surface area contributed by atoms with Gasteiger partial charge in [0, 0.05) is 6.07 Å². The number of halogens is 3. The Labute approximate surface area is 163 Å². The fraction of sp³-hybridized carbons (Fsp3) is 0.0556. The van der Waals surface area contributed by atoms with Crippen molar-refractivity contribution in [1.82, 2.24) is 0 Å². The van der Waals surface area contributed by atoms with Gasteiger partial charge in [0.25, 0.3) is 10.0 Å². The van der Waals surface area contributed by atoms with Crippen LogP contribution in [0.25, 0.3) is 0 Å². The van der Waals surface area contributed by atoms with Gasteiger partial charge in [-0.25, -0.2) is 21.6 Å². The van der Waals surface area contributed by atoms with Crippen molar-refractivity contribution in [1.29, 1.82) is 0 Å². The molecule has 0 atom stereocenters. The average molecular weight is 426 g/mol. The number of amides is 1. The molecule has 0 unspecified atom stereocenters. The van der Waals surface area contributed by atoms with E-state index in [4.69, 9.17) is 0 Å². The average Bonchev–Trinajstić information content (AvgIpc) is 3.18. The Morgan fingerprint density at radius 2 is 1.68 bits per heavy atom. The molecule has 1 N–H and O–H groups in total. The van der Waals surface area contributed by atoms with E-state index in [9.17, 15) is 26.4 Å². The summed E-state index contributed by atoms with van der Waals surface area (Å²) in [7, 11) is -4.11. The maximum atomic E-state index is 13.7. The summed E-state index contributed by atoms with van der Waals surface area (Å²) in [4.78, 5) is 12.4. The Kier molecular flexibility index (Phi) is 5.71. The number of nitrogens with one attached hydrogen (secondary N) is 1. The zero-order valence-corrected chi connectivity index (χ0v) is 15.7. The SMILES string of the molecule is O=C(CN(c1ccc(F)cc1)S(=O)(=O)c1cccs1)Nc1ccc(F)cc1F. The lowest BCUT2D eigenvalue weighted by molar-refractivity contribution is -0.114. The number of sulfonamides is 1. The van der Waals surface area contributed by atoms with E-state index in [1.54, 1.807) is 5.38 Å². The minimum atomic E-state index is -4.11. The second-order valence-corrected chi connectivity index (χ2v) is 8.63. The molecule has 5 nitrogen and oxygen atoms in total. The van der Waals surface area contributed by atoms with E-state index in [1.807, 2.05) is 0 Å². The van der Waals surface area contributed by atoms with Crippen molar-refractivity contribution in [3.63, 3.8) is 0 Å². The molecule has 0 spiro atoms. The van der Waals surface area contributed by atoms with E-state index < -0.39 is 39.9 Å². The molecule has 1 heterocycles. The minimum Gasteiger partial charge on any atom is -0.322 e. The predicted molar refractivity (Wildman–Crippen MR) is 100 cm³/mol. The van der Waals surface area contributed by atoms with Crippen LogP contribution in [0.1, 0.15) is 0 Å². The van der Waals surface area contributed by atoms with Crippen molar-refractivity contribution < 1.29 is 26.4 Å². The Hall–Kier alpha value is -2.85. The Balaban J connectivity index is 1.91. The first-order valence-corrected chi connectivity index (χ1v) is 10.2. The van der Waals surface area contributed by atoms with E-state index in [1.165, 1.54) is 24.3 Å². The van der Waals surface area contributed by atoms with Gasteiger partial charge < -0.3 is 5.32 Å². The monoisotopic (exact) mass is 426 g/mol.